The molecule has 0 radical (unpaired) electrons. The Morgan fingerprint density at radius 3 is 2.73 bits per heavy atom. The van der Waals surface area contributed by atoms with E-state index in [2.05, 4.69) is 5.32 Å². The number of ketones is 1. The summed E-state index contributed by atoms with van der Waals surface area (Å²) in [6.45, 7) is 3.32. The van der Waals surface area contributed by atoms with Crippen molar-refractivity contribution >= 4 is 39.1 Å². The van der Waals surface area contributed by atoms with E-state index < -0.39 is 17.5 Å². The fourth-order valence-corrected chi connectivity index (χ4v) is 5.04. The summed E-state index contributed by atoms with van der Waals surface area (Å²) < 4.78 is 11.7. The van der Waals surface area contributed by atoms with Gasteiger partial charge in [0.25, 0.3) is 5.91 Å². The number of Topliss-reactive ketones (excluding diaryl/α,β-unsaturated/α-hetero) is 1. The van der Waals surface area contributed by atoms with E-state index in [1.165, 1.54) is 11.3 Å². The molecule has 3 amide bonds. The lowest BCUT2D eigenvalue weighted by atomic mass is 9.91. The number of imide groups is 1. The molecule has 1 fully saturated rings. The van der Waals surface area contributed by atoms with Crippen LogP contribution in [0.5, 0.6) is 11.5 Å². The molecule has 0 spiro atoms. The van der Waals surface area contributed by atoms with Crippen LogP contribution in [0.3, 0.4) is 0 Å². The zero-order chi connectivity index (χ0) is 21.0. The van der Waals surface area contributed by atoms with Crippen molar-refractivity contribution in [3.8, 4) is 11.5 Å². The molecule has 152 valence electrons. The van der Waals surface area contributed by atoms with Crippen molar-refractivity contribution in [1.29, 1.82) is 0 Å². The van der Waals surface area contributed by atoms with Crippen LogP contribution < -0.4 is 14.8 Å². The van der Waals surface area contributed by atoms with Gasteiger partial charge in [-0.15, -0.1) is 11.3 Å². The van der Waals surface area contributed by atoms with Crippen molar-refractivity contribution in [3.05, 3.63) is 58.5 Å². The molecule has 1 aromatic heterocycles. The fraction of sp³-hybridized carbons (Fsp3) is 0.227. The summed E-state index contributed by atoms with van der Waals surface area (Å²) in [5.41, 5.74) is 0.150. The first-order chi connectivity index (χ1) is 14.4. The first-order valence-corrected chi connectivity index (χ1v) is 10.3. The monoisotopic (exact) mass is 422 g/mol. The molecule has 1 N–H and O–H groups in total. The molecule has 8 heteroatoms. The van der Waals surface area contributed by atoms with Gasteiger partial charge in [-0.05, 0) is 48.6 Å². The van der Waals surface area contributed by atoms with Gasteiger partial charge < -0.3 is 14.8 Å². The lowest BCUT2D eigenvalue weighted by Crippen LogP contribution is -2.41. The number of carbonyl (C=O) groups excluding carboxylic acids is 3. The van der Waals surface area contributed by atoms with Crippen LogP contribution in [0.2, 0.25) is 0 Å². The molecule has 30 heavy (non-hydrogen) atoms. The zero-order valence-electron chi connectivity index (χ0n) is 16.4. The normalized spacial score (nSPS) is 20.1. The molecule has 5 rings (SSSR count). The predicted molar refractivity (Wildman–Crippen MR) is 111 cm³/mol. The number of thiophene rings is 1. The van der Waals surface area contributed by atoms with Crippen molar-refractivity contribution in [1.82, 2.24) is 10.2 Å². The SMILES string of the molecule is Cc1c(C(=O)CN2C(=O)N[C@@](C)(c3ccc4c(c3)OCO4)C2=O)sc2ccccc12. The van der Waals surface area contributed by atoms with Crippen LogP contribution in [0.25, 0.3) is 10.1 Å². The van der Waals surface area contributed by atoms with Gasteiger partial charge in [0.1, 0.15) is 5.54 Å². The number of amides is 3. The highest BCUT2D eigenvalue weighted by molar-refractivity contribution is 7.21. The van der Waals surface area contributed by atoms with Crippen LogP contribution in [0.15, 0.2) is 42.5 Å². The first kappa shape index (κ1) is 18.6. The number of carbonyl (C=O) groups is 3. The Bertz CT molecular complexity index is 1230. The smallest absolute Gasteiger partial charge is 0.325 e. The van der Waals surface area contributed by atoms with E-state index in [1.54, 1.807) is 25.1 Å². The Hall–Kier alpha value is -3.39. The van der Waals surface area contributed by atoms with E-state index >= 15 is 0 Å². The summed E-state index contributed by atoms with van der Waals surface area (Å²) >= 11 is 1.38. The van der Waals surface area contributed by atoms with Crippen LogP contribution in [0, 0.1) is 6.92 Å². The maximum atomic E-state index is 13.2. The summed E-state index contributed by atoms with van der Waals surface area (Å²) in [5.74, 6) is 0.378. The van der Waals surface area contributed by atoms with Crippen LogP contribution in [0.1, 0.15) is 27.7 Å². The van der Waals surface area contributed by atoms with Crippen molar-refractivity contribution in [2.24, 2.45) is 0 Å². The molecule has 1 atom stereocenters. The average molecular weight is 422 g/mol. The van der Waals surface area contributed by atoms with E-state index in [1.807, 2.05) is 31.2 Å². The van der Waals surface area contributed by atoms with Gasteiger partial charge in [-0.25, -0.2) is 4.79 Å². The molecular weight excluding hydrogens is 404 g/mol. The van der Waals surface area contributed by atoms with Crippen LogP contribution >= 0.6 is 11.3 Å². The fourth-order valence-electron chi connectivity index (χ4n) is 3.90. The van der Waals surface area contributed by atoms with Crippen LogP contribution in [0.4, 0.5) is 4.79 Å². The lowest BCUT2D eigenvalue weighted by Gasteiger charge is -2.22. The molecular formula is C22H18N2O5S. The second-order valence-corrected chi connectivity index (χ2v) is 8.54. The van der Waals surface area contributed by atoms with Crippen LogP contribution in [-0.2, 0) is 10.3 Å². The quantitative estimate of drug-likeness (QED) is 0.513. The van der Waals surface area contributed by atoms with Gasteiger partial charge in [-0.1, -0.05) is 24.3 Å². The van der Waals surface area contributed by atoms with Crippen LogP contribution in [-0.4, -0.2) is 36.0 Å². The maximum absolute atomic E-state index is 13.2. The molecule has 2 aromatic carbocycles. The van der Waals surface area contributed by atoms with Crippen molar-refractivity contribution in [2.45, 2.75) is 19.4 Å². The first-order valence-electron chi connectivity index (χ1n) is 9.44. The van der Waals surface area contributed by atoms with Crippen molar-refractivity contribution in [3.63, 3.8) is 0 Å². The molecule has 7 nitrogen and oxygen atoms in total. The molecule has 1 saturated heterocycles. The maximum Gasteiger partial charge on any atom is 0.325 e. The van der Waals surface area contributed by atoms with Crippen molar-refractivity contribution in [2.75, 3.05) is 13.3 Å². The van der Waals surface area contributed by atoms with Gasteiger partial charge in [-0.3, -0.25) is 14.5 Å². The van der Waals surface area contributed by atoms with Gasteiger partial charge in [0, 0.05) is 4.70 Å². The molecule has 0 unspecified atom stereocenters. The molecule has 0 bridgehead atoms. The van der Waals surface area contributed by atoms with Gasteiger partial charge in [0.15, 0.2) is 17.3 Å². The largest absolute Gasteiger partial charge is 0.454 e. The molecule has 3 aromatic rings. The number of nitrogens with zero attached hydrogens (tertiary/aromatic N) is 1. The number of ether oxygens (including phenoxy) is 2. The van der Waals surface area contributed by atoms with E-state index in [4.69, 9.17) is 9.47 Å². The number of urea groups is 1. The molecule has 2 aliphatic heterocycles. The van der Waals surface area contributed by atoms with E-state index in [0.717, 1.165) is 20.5 Å². The number of rotatable bonds is 4. The Morgan fingerprint density at radius 2 is 1.93 bits per heavy atom. The summed E-state index contributed by atoms with van der Waals surface area (Å²) in [6, 6.07) is 12.3. The highest BCUT2D eigenvalue weighted by Gasteiger charge is 2.50. The van der Waals surface area contributed by atoms with Gasteiger partial charge in [-0.2, -0.15) is 0 Å². The second kappa shape index (κ2) is 6.56. The van der Waals surface area contributed by atoms with E-state index in [-0.39, 0.29) is 19.1 Å². The standard InChI is InChI=1S/C22H18N2O5S/c1-12-14-5-3-4-6-18(14)30-19(12)15(25)10-24-20(26)22(2,23-21(24)27)13-7-8-16-17(9-13)29-11-28-16/h3-9H,10-11H2,1-2H3,(H,23,27)/t22-/m0/s1. The second-order valence-electron chi connectivity index (χ2n) is 7.49. The minimum atomic E-state index is -1.28. The highest BCUT2D eigenvalue weighted by Crippen LogP contribution is 2.38. The van der Waals surface area contributed by atoms with Crippen molar-refractivity contribution < 1.29 is 23.9 Å². The van der Waals surface area contributed by atoms with Gasteiger partial charge in [0.05, 0.1) is 11.4 Å². The third-order valence-corrected chi connectivity index (χ3v) is 6.94. The topological polar surface area (TPSA) is 84.9 Å². The number of hydrogen-bond donors (Lipinski definition) is 1. The third kappa shape index (κ3) is 2.68. The van der Waals surface area contributed by atoms with Gasteiger partial charge >= 0.3 is 6.03 Å². The molecule has 0 saturated carbocycles. The van der Waals surface area contributed by atoms with E-state index in [9.17, 15) is 14.4 Å². The van der Waals surface area contributed by atoms with E-state index in [0.29, 0.717) is 21.9 Å². The van der Waals surface area contributed by atoms with Gasteiger partial charge in [0.2, 0.25) is 6.79 Å². The number of nitrogens with one attached hydrogen (secondary N) is 1. The number of fused-ring (bicyclic) bond motifs is 2. The average Bonchev–Trinajstić information content (AvgIpc) is 3.40. The molecule has 3 heterocycles. The number of hydrogen-bond acceptors (Lipinski definition) is 6. The number of benzene rings is 2. The summed E-state index contributed by atoms with van der Waals surface area (Å²) in [4.78, 5) is 40.3. The zero-order valence-corrected chi connectivity index (χ0v) is 17.2. The highest BCUT2D eigenvalue weighted by atomic mass is 32.1. The number of aryl methyl sites for hydroxylation is 1. The Morgan fingerprint density at radius 1 is 1.17 bits per heavy atom. The Balaban J connectivity index is 1.43. The lowest BCUT2D eigenvalue weighted by molar-refractivity contribution is -0.130. The third-order valence-electron chi connectivity index (χ3n) is 5.62. The Kier molecular flexibility index (Phi) is 4.08. The summed E-state index contributed by atoms with van der Waals surface area (Å²) in [7, 11) is 0. The Labute approximate surface area is 176 Å². The molecule has 0 aliphatic carbocycles. The minimum Gasteiger partial charge on any atom is -0.454 e. The summed E-state index contributed by atoms with van der Waals surface area (Å²) in [6.07, 6.45) is 0. The predicted octanol–water partition coefficient (Wildman–Crippen LogP) is 3.59. The summed E-state index contributed by atoms with van der Waals surface area (Å²) in [5, 5.41) is 3.74. The minimum absolute atomic E-state index is 0.116. The molecule has 2 aliphatic rings.